The molecule has 118 valence electrons. The largest absolute Gasteiger partial charge is 0.458 e. The van der Waals surface area contributed by atoms with Crippen molar-refractivity contribution in [3.8, 4) is 11.7 Å². The average molecular weight is 312 g/mol. The Kier molecular flexibility index (Phi) is 3.88. The molecule has 1 aromatic carbocycles. The maximum atomic E-state index is 12.1. The van der Waals surface area contributed by atoms with Crippen LogP contribution in [0.1, 0.15) is 16.7 Å². The fraction of sp³-hybridized carbons (Fsp3) is 0.267. The third kappa shape index (κ3) is 2.96. The van der Waals surface area contributed by atoms with E-state index in [2.05, 4.69) is 20.4 Å². The molecule has 0 fully saturated rings. The molecule has 3 aromatic rings. The summed E-state index contributed by atoms with van der Waals surface area (Å²) < 4.78 is 8.07. The first-order valence-electron chi connectivity index (χ1n) is 7.05. The number of tetrazole rings is 1. The lowest BCUT2D eigenvalue weighted by molar-refractivity contribution is 0.279. The van der Waals surface area contributed by atoms with Crippen molar-refractivity contribution in [1.29, 1.82) is 0 Å². The number of aryl methyl sites for hydroxylation is 3. The van der Waals surface area contributed by atoms with Gasteiger partial charge >= 0.3 is 11.7 Å². The molecular formula is C15H16N6O2. The Hall–Kier alpha value is -3.03. The first-order valence-corrected chi connectivity index (χ1v) is 7.05. The van der Waals surface area contributed by atoms with E-state index in [1.807, 2.05) is 26.0 Å². The monoisotopic (exact) mass is 312 g/mol. The smallest absolute Gasteiger partial charge is 0.368 e. The van der Waals surface area contributed by atoms with Gasteiger partial charge in [-0.3, -0.25) is 0 Å². The van der Waals surface area contributed by atoms with Gasteiger partial charge in [-0.25, -0.2) is 14.8 Å². The highest BCUT2D eigenvalue weighted by molar-refractivity contribution is 5.44. The molecule has 0 saturated heterocycles. The first kappa shape index (κ1) is 14.9. The minimum absolute atomic E-state index is 0.230. The van der Waals surface area contributed by atoms with Crippen LogP contribution in [0.4, 0.5) is 0 Å². The van der Waals surface area contributed by atoms with Gasteiger partial charge in [0.25, 0.3) is 0 Å². The highest BCUT2D eigenvalue weighted by atomic mass is 16.5. The van der Waals surface area contributed by atoms with Crippen LogP contribution in [0, 0.1) is 13.8 Å². The summed E-state index contributed by atoms with van der Waals surface area (Å²) in [6.45, 7) is 4.08. The molecule has 0 spiro atoms. The van der Waals surface area contributed by atoms with Crippen molar-refractivity contribution < 1.29 is 4.74 Å². The maximum Gasteiger partial charge on any atom is 0.368 e. The van der Waals surface area contributed by atoms with E-state index in [-0.39, 0.29) is 18.3 Å². The number of benzene rings is 1. The zero-order chi connectivity index (χ0) is 16.4. The number of nitrogens with zero attached hydrogens (tertiary/aromatic N) is 6. The second-order valence-corrected chi connectivity index (χ2v) is 5.20. The normalized spacial score (nSPS) is 10.7. The Morgan fingerprint density at radius 1 is 1.13 bits per heavy atom. The molecule has 23 heavy (non-hydrogen) atoms. The summed E-state index contributed by atoms with van der Waals surface area (Å²) in [4.78, 5) is 20.3. The molecule has 0 bridgehead atoms. The van der Waals surface area contributed by atoms with E-state index in [4.69, 9.17) is 4.74 Å². The molecule has 0 unspecified atom stereocenters. The molecule has 2 heterocycles. The van der Waals surface area contributed by atoms with Gasteiger partial charge in [0.1, 0.15) is 6.61 Å². The van der Waals surface area contributed by atoms with Crippen molar-refractivity contribution in [2.24, 2.45) is 7.05 Å². The van der Waals surface area contributed by atoms with Gasteiger partial charge in [-0.15, -0.1) is 0 Å². The summed E-state index contributed by atoms with van der Waals surface area (Å²) in [6.07, 6.45) is 3.38. The van der Waals surface area contributed by atoms with Gasteiger partial charge in [-0.1, -0.05) is 12.1 Å². The summed E-state index contributed by atoms with van der Waals surface area (Å²) in [5, 5.41) is 7.63. The van der Waals surface area contributed by atoms with Crippen LogP contribution in [0.3, 0.4) is 0 Å². The van der Waals surface area contributed by atoms with Crippen molar-refractivity contribution >= 4 is 0 Å². The Labute approximate surface area is 132 Å². The number of aromatic nitrogens is 6. The van der Waals surface area contributed by atoms with Crippen molar-refractivity contribution in [2.45, 2.75) is 20.5 Å². The van der Waals surface area contributed by atoms with E-state index >= 15 is 0 Å². The average Bonchev–Trinajstić information content (AvgIpc) is 2.87. The van der Waals surface area contributed by atoms with Crippen molar-refractivity contribution in [1.82, 2.24) is 29.8 Å². The molecule has 2 aromatic heterocycles. The lowest BCUT2D eigenvalue weighted by Crippen LogP contribution is -2.23. The Morgan fingerprint density at radius 2 is 1.87 bits per heavy atom. The van der Waals surface area contributed by atoms with E-state index in [9.17, 15) is 4.79 Å². The minimum Gasteiger partial charge on any atom is -0.458 e. The summed E-state index contributed by atoms with van der Waals surface area (Å²) in [5.74, 6) is 0. The van der Waals surface area contributed by atoms with Crippen LogP contribution in [-0.2, 0) is 13.7 Å². The van der Waals surface area contributed by atoms with Crippen LogP contribution in [0.25, 0.3) is 5.69 Å². The molecule has 0 N–H and O–H groups in total. The van der Waals surface area contributed by atoms with Crippen LogP contribution in [0.5, 0.6) is 6.01 Å². The lowest BCUT2D eigenvalue weighted by Gasteiger charge is -2.11. The van der Waals surface area contributed by atoms with Crippen LogP contribution in [0.15, 0.2) is 35.4 Å². The summed E-state index contributed by atoms with van der Waals surface area (Å²) >= 11 is 0. The third-order valence-corrected chi connectivity index (χ3v) is 3.44. The fourth-order valence-corrected chi connectivity index (χ4v) is 2.13. The Bertz CT molecular complexity index is 882. The zero-order valence-corrected chi connectivity index (χ0v) is 13.1. The number of hydrogen-bond donors (Lipinski definition) is 0. The first-order chi connectivity index (χ1) is 11.1. The highest BCUT2D eigenvalue weighted by Gasteiger charge is 2.13. The molecular weight excluding hydrogens is 296 g/mol. The van der Waals surface area contributed by atoms with Crippen molar-refractivity contribution in [2.75, 3.05) is 0 Å². The van der Waals surface area contributed by atoms with Gasteiger partial charge < -0.3 is 4.74 Å². The molecule has 3 rings (SSSR count). The van der Waals surface area contributed by atoms with Crippen molar-refractivity contribution in [3.63, 3.8) is 0 Å². The van der Waals surface area contributed by atoms with Gasteiger partial charge in [0.2, 0.25) is 0 Å². The summed E-state index contributed by atoms with van der Waals surface area (Å²) in [5.41, 5.74) is 3.09. The van der Waals surface area contributed by atoms with Gasteiger partial charge in [0.05, 0.1) is 5.69 Å². The molecule has 0 aliphatic carbocycles. The van der Waals surface area contributed by atoms with Gasteiger partial charge in [-0.2, -0.15) is 9.36 Å². The second-order valence-electron chi connectivity index (χ2n) is 5.20. The predicted octanol–water partition coefficient (Wildman–Crippen LogP) is 0.952. The van der Waals surface area contributed by atoms with E-state index in [0.29, 0.717) is 5.69 Å². The molecule has 0 amide bonds. The van der Waals surface area contributed by atoms with Gasteiger partial charge in [-0.05, 0) is 41.5 Å². The fourth-order valence-electron chi connectivity index (χ4n) is 2.13. The van der Waals surface area contributed by atoms with Crippen LogP contribution < -0.4 is 10.4 Å². The van der Waals surface area contributed by atoms with E-state index in [0.717, 1.165) is 16.7 Å². The van der Waals surface area contributed by atoms with Crippen LogP contribution in [-0.4, -0.2) is 29.8 Å². The number of hydrogen-bond acceptors (Lipinski definition) is 6. The molecule has 8 nitrogen and oxygen atoms in total. The molecule has 0 radical (unpaired) electrons. The molecule has 0 aliphatic rings. The summed E-state index contributed by atoms with van der Waals surface area (Å²) in [7, 11) is 1.55. The minimum atomic E-state index is -0.316. The van der Waals surface area contributed by atoms with E-state index < -0.39 is 0 Å². The lowest BCUT2D eigenvalue weighted by atomic mass is 10.1. The molecule has 0 atom stereocenters. The SMILES string of the molecule is Cc1cnc(OCc2c(C)cccc2-n2nnn(C)c2=O)nc1. The third-order valence-electron chi connectivity index (χ3n) is 3.44. The van der Waals surface area contributed by atoms with E-state index in [1.54, 1.807) is 25.5 Å². The van der Waals surface area contributed by atoms with E-state index in [1.165, 1.54) is 9.36 Å². The molecule has 8 heteroatoms. The van der Waals surface area contributed by atoms with Gasteiger partial charge in [0.15, 0.2) is 0 Å². The molecule has 0 saturated carbocycles. The van der Waals surface area contributed by atoms with Crippen LogP contribution in [0.2, 0.25) is 0 Å². The van der Waals surface area contributed by atoms with Crippen molar-refractivity contribution in [3.05, 3.63) is 57.8 Å². The highest BCUT2D eigenvalue weighted by Crippen LogP contribution is 2.18. The number of rotatable bonds is 4. The van der Waals surface area contributed by atoms with Crippen LogP contribution >= 0.6 is 0 Å². The Morgan fingerprint density at radius 3 is 2.52 bits per heavy atom. The number of ether oxygens (including phenoxy) is 1. The quantitative estimate of drug-likeness (QED) is 0.713. The maximum absolute atomic E-state index is 12.1. The standard InChI is InChI=1S/C15H16N6O2/c1-10-7-16-14(17-8-10)23-9-12-11(2)5-4-6-13(12)21-15(22)20(3)18-19-21/h4-8H,9H2,1-3H3. The second kappa shape index (κ2) is 5.99. The zero-order valence-electron chi connectivity index (χ0n) is 13.1. The predicted molar refractivity (Wildman–Crippen MR) is 82.4 cm³/mol. The van der Waals surface area contributed by atoms with Gasteiger partial charge in [0, 0.05) is 25.0 Å². The Balaban J connectivity index is 1.94. The molecule has 0 aliphatic heterocycles. The summed E-state index contributed by atoms with van der Waals surface area (Å²) in [6, 6.07) is 5.89. The topological polar surface area (TPSA) is 87.7 Å².